The number of unbranched alkanes of at least 4 members (excludes halogenated alkanes) is 1. The molecule has 0 saturated heterocycles. The van der Waals surface area contributed by atoms with Crippen molar-refractivity contribution >= 4 is 11.9 Å². The van der Waals surface area contributed by atoms with E-state index in [-0.39, 0.29) is 0 Å². The van der Waals surface area contributed by atoms with Crippen LogP contribution in [0.25, 0.3) is 0 Å². The van der Waals surface area contributed by atoms with Crippen molar-refractivity contribution in [2.24, 2.45) is 17.1 Å². The maximum absolute atomic E-state index is 9.55. The molecule has 0 spiro atoms. The highest BCUT2D eigenvalue weighted by Gasteiger charge is 2.51. The Labute approximate surface area is 205 Å². The fourth-order valence-corrected chi connectivity index (χ4v) is 6.44. The molecule has 190 valence electrons. The van der Waals surface area contributed by atoms with Gasteiger partial charge in [-0.3, -0.25) is 0 Å². The zero-order valence-electron chi connectivity index (χ0n) is 21.8. The van der Waals surface area contributed by atoms with Crippen molar-refractivity contribution in [3.05, 3.63) is 47.0 Å². The molecule has 3 rings (SSSR count). The molecule has 1 aromatic rings. The number of nitrogens with two attached hydrogens (primary N) is 1. The standard InChI is InChI=1S/C25H41N.C4H4O4/c1-18(2)20-10-12-22-21(17-20)11-13-23-24(4,14-7-6-9-19(3)26)15-8-16-25(22,23)5;5-3(6)1-2-4(7)8/h10,12,17-19,23H,6-9,11,13-16,26H2,1-5H3;1-2H,(H,5,6)(H,7,8)/b;2-1+/t19?,23-,24+,25+;/m0./s1. The Balaban J connectivity index is 0.000000440. The predicted octanol–water partition coefficient (Wildman–Crippen LogP) is 6.44. The maximum Gasteiger partial charge on any atom is 0.328 e. The van der Waals surface area contributed by atoms with E-state index in [9.17, 15) is 9.59 Å². The molecule has 34 heavy (non-hydrogen) atoms. The highest BCUT2D eigenvalue weighted by molar-refractivity contribution is 5.89. The van der Waals surface area contributed by atoms with Crippen LogP contribution in [0.5, 0.6) is 0 Å². The molecule has 0 radical (unpaired) electrons. The van der Waals surface area contributed by atoms with Crippen LogP contribution in [0.4, 0.5) is 0 Å². The monoisotopic (exact) mass is 471 g/mol. The first-order valence-electron chi connectivity index (χ1n) is 12.9. The van der Waals surface area contributed by atoms with Gasteiger partial charge in [0.2, 0.25) is 0 Å². The maximum atomic E-state index is 9.55. The highest BCUT2D eigenvalue weighted by Crippen LogP contribution is 2.58. The average molecular weight is 472 g/mol. The smallest absolute Gasteiger partial charge is 0.328 e. The van der Waals surface area contributed by atoms with Crippen LogP contribution < -0.4 is 5.73 Å². The summed E-state index contributed by atoms with van der Waals surface area (Å²) in [5, 5.41) is 15.6. The quantitative estimate of drug-likeness (QED) is 0.299. The summed E-state index contributed by atoms with van der Waals surface area (Å²) in [5.41, 5.74) is 11.7. The molecule has 1 aromatic carbocycles. The van der Waals surface area contributed by atoms with E-state index in [1.165, 1.54) is 63.4 Å². The molecule has 2 aliphatic rings. The summed E-state index contributed by atoms with van der Waals surface area (Å²) in [4.78, 5) is 19.1. The third-order valence-corrected chi connectivity index (χ3v) is 8.19. The lowest BCUT2D eigenvalue weighted by Gasteiger charge is -2.56. The van der Waals surface area contributed by atoms with Crippen LogP contribution in [-0.4, -0.2) is 28.2 Å². The molecule has 5 nitrogen and oxygen atoms in total. The number of carboxylic acid groups (broad SMARTS) is 2. The molecular formula is C29H45NO4. The number of benzene rings is 1. The highest BCUT2D eigenvalue weighted by atomic mass is 16.4. The van der Waals surface area contributed by atoms with Gasteiger partial charge in [0, 0.05) is 18.2 Å². The summed E-state index contributed by atoms with van der Waals surface area (Å²) in [6.07, 6.45) is 13.2. The van der Waals surface area contributed by atoms with E-state index in [1.807, 2.05) is 0 Å². The van der Waals surface area contributed by atoms with E-state index in [4.69, 9.17) is 15.9 Å². The minimum atomic E-state index is -1.26. The summed E-state index contributed by atoms with van der Waals surface area (Å²) in [6.45, 7) is 12.0. The Morgan fingerprint density at radius 2 is 1.74 bits per heavy atom. The number of fused-ring (bicyclic) bond motifs is 3. The van der Waals surface area contributed by atoms with Crippen molar-refractivity contribution in [2.45, 2.75) is 110 Å². The molecule has 0 aliphatic heterocycles. The van der Waals surface area contributed by atoms with Gasteiger partial charge < -0.3 is 15.9 Å². The van der Waals surface area contributed by atoms with Crippen LogP contribution in [0.2, 0.25) is 0 Å². The third kappa shape index (κ3) is 7.18. The second-order valence-corrected chi connectivity index (χ2v) is 11.3. The summed E-state index contributed by atoms with van der Waals surface area (Å²) in [6, 6.07) is 7.79. The molecule has 1 unspecified atom stereocenters. The second kappa shape index (κ2) is 12.0. The topological polar surface area (TPSA) is 101 Å². The molecule has 4 atom stereocenters. The summed E-state index contributed by atoms with van der Waals surface area (Å²) < 4.78 is 0. The van der Waals surface area contributed by atoms with E-state index < -0.39 is 11.9 Å². The van der Waals surface area contributed by atoms with Gasteiger partial charge in [0.1, 0.15) is 0 Å². The number of hydrogen-bond acceptors (Lipinski definition) is 3. The van der Waals surface area contributed by atoms with Gasteiger partial charge in [-0.25, -0.2) is 9.59 Å². The van der Waals surface area contributed by atoms with E-state index in [0.29, 0.717) is 34.9 Å². The zero-order valence-corrected chi connectivity index (χ0v) is 21.8. The fraction of sp³-hybridized carbons (Fsp3) is 0.655. The molecule has 0 aromatic heterocycles. The first-order valence-corrected chi connectivity index (χ1v) is 12.9. The Kier molecular flexibility index (Phi) is 9.93. The lowest BCUT2D eigenvalue weighted by Crippen LogP contribution is -2.49. The minimum Gasteiger partial charge on any atom is -0.478 e. The van der Waals surface area contributed by atoms with Crippen LogP contribution >= 0.6 is 0 Å². The summed E-state index contributed by atoms with van der Waals surface area (Å²) in [5.74, 6) is -1.04. The van der Waals surface area contributed by atoms with Crippen LogP contribution in [0, 0.1) is 11.3 Å². The van der Waals surface area contributed by atoms with Crippen LogP contribution in [-0.2, 0) is 21.4 Å². The zero-order chi connectivity index (χ0) is 25.5. The number of rotatable bonds is 8. The molecule has 0 amide bonds. The number of aliphatic carboxylic acids is 2. The van der Waals surface area contributed by atoms with Gasteiger partial charge in [-0.1, -0.05) is 65.2 Å². The lowest BCUT2D eigenvalue weighted by molar-refractivity contribution is -0.134. The first kappa shape index (κ1) is 28.1. The van der Waals surface area contributed by atoms with Gasteiger partial charge in [0.05, 0.1) is 0 Å². The van der Waals surface area contributed by atoms with Crippen LogP contribution in [0.15, 0.2) is 30.4 Å². The molecule has 2 aliphatic carbocycles. The Hall–Kier alpha value is -2.14. The summed E-state index contributed by atoms with van der Waals surface area (Å²) >= 11 is 0. The molecule has 5 heteroatoms. The van der Waals surface area contributed by atoms with Gasteiger partial charge >= 0.3 is 11.9 Å². The van der Waals surface area contributed by atoms with Crippen LogP contribution in [0.3, 0.4) is 0 Å². The minimum absolute atomic E-state index is 0.358. The van der Waals surface area contributed by atoms with Gasteiger partial charge in [0.25, 0.3) is 0 Å². The predicted molar refractivity (Wildman–Crippen MR) is 138 cm³/mol. The van der Waals surface area contributed by atoms with Gasteiger partial charge in [-0.2, -0.15) is 0 Å². The molecule has 0 bridgehead atoms. The number of carbonyl (C=O) groups is 2. The van der Waals surface area contributed by atoms with Gasteiger partial charge in [-0.15, -0.1) is 0 Å². The number of hydrogen-bond donors (Lipinski definition) is 3. The molecule has 0 heterocycles. The molecule has 1 saturated carbocycles. The SMILES string of the molecule is CC(N)CCCC[C@]1(C)CCC[C@]2(C)c3ccc(C(C)C)cc3CC[C@@H]12.O=C(O)/C=C/C(=O)O. The molecule has 4 N–H and O–H groups in total. The average Bonchev–Trinajstić information content (AvgIpc) is 2.75. The molecular weight excluding hydrogens is 426 g/mol. The van der Waals surface area contributed by atoms with E-state index in [2.05, 4.69) is 52.8 Å². The van der Waals surface area contributed by atoms with Crippen LogP contribution in [0.1, 0.15) is 109 Å². The van der Waals surface area contributed by atoms with Gasteiger partial charge in [-0.05, 0) is 84.8 Å². The lowest BCUT2D eigenvalue weighted by atomic mass is 9.49. The van der Waals surface area contributed by atoms with Crippen molar-refractivity contribution in [3.8, 4) is 0 Å². The fourth-order valence-electron chi connectivity index (χ4n) is 6.44. The Bertz CT molecular complexity index is 859. The first-order chi connectivity index (χ1) is 15.9. The molecule has 1 fully saturated rings. The van der Waals surface area contributed by atoms with E-state index in [1.54, 1.807) is 11.1 Å². The van der Waals surface area contributed by atoms with Crippen molar-refractivity contribution < 1.29 is 19.8 Å². The summed E-state index contributed by atoms with van der Waals surface area (Å²) in [7, 11) is 0. The van der Waals surface area contributed by atoms with Gasteiger partial charge in [0.15, 0.2) is 0 Å². The largest absolute Gasteiger partial charge is 0.478 e. The third-order valence-electron chi connectivity index (χ3n) is 8.19. The van der Waals surface area contributed by atoms with Crippen molar-refractivity contribution in [3.63, 3.8) is 0 Å². The Morgan fingerprint density at radius 1 is 1.09 bits per heavy atom. The van der Waals surface area contributed by atoms with E-state index >= 15 is 0 Å². The Morgan fingerprint density at radius 3 is 2.29 bits per heavy atom. The van der Waals surface area contributed by atoms with Crippen molar-refractivity contribution in [2.75, 3.05) is 0 Å². The number of aryl methyl sites for hydroxylation is 1. The second-order valence-electron chi connectivity index (χ2n) is 11.3. The van der Waals surface area contributed by atoms with E-state index in [0.717, 1.165) is 5.92 Å². The normalized spacial score (nSPS) is 26.9. The number of carboxylic acids is 2. The van der Waals surface area contributed by atoms with Crippen molar-refractivity contribution in [1.29, 1.82) is 0 Å². The van der Waals surface area contributed by atoms with Crippen molar-refractivity contribution in [1.82, 2.24) is 0 Å².